The Bertz CT molecular complexity index is 560. The summed E-state index contributed by atoms with van der Waals surface area (Å²) in [5.41, 5.74) is 6.48. The molecule has 0 spiro atoms. The van der Waals surface area contributed by atoms with Crippen molar-refractivity contribution in [2.45, 2.75) is 19.3 Å². The molecule has 22 heavy (non-hydrogen) atoms. The van der Waals surface area contributed by atoms with E-state index >= 15 is 0 Å². The first kappa shape index (κ1) is 16.2. The predicted molar refractivity (Wildman–Crippen MR) is 85.1 cm³/mol. The second kappa shape index (κ2) is 7.22. The number of nitrogens with two attached hydrogens (primary N) is 1. The van der Waals surface area contributed by atoms with Crippen molar-refractivity contribution in [1.82, 2.24) is 5.32 Å². The van der Waals surface area contributed by atoms with Crippen LogP contribution < -0.4 is 16.0 Å². The first-order chi connectivity index (χ1) is 10.6. The van der Waals surface area contributed by atoms with Crippen LogP contribution in [0.15, 0.2) is 18.2 Å². The molecule has 1 aromatic rings. The van der Waals surface area contributed by atoms with Crippen molar-refractivity contribution in [3.63, 3.8) is 0 Å². The average Bonchev–Trinajstić information content (AvgIpc) is 2.54. The number of carbonyl (C=O) groups is 1. The molecule has 0 aromatic heterocycles. The molecule has 120 valence electrons. The third-order valence-corrected chi connectivity index (χ3v) is 4.10. The second-order valence-corrected chi connectivity index (χ2v) is 5.57. The lowest BCUT2D eigenvalue weighted by Gasteiger charge is -2.34. The molecule has 1 atom stereocenters. The minimum absolute atomic E-state index is 0.0190. The Labute approximate surface area is 129 Å². The molecular formula is C15H22N4O3. The fourth-order valence-electron chi connectivity index (χ4n) is 2.98. The van der Waals surface area contributed by atoms with E-state index in [4.69, 9.17) is 5.73 Å². The summed E-state index contributed by atoms with van der Waals surface area (Å²) in [7, 11) is 1.50. The Morgan fingerprint density at radius 3 is 2.95 bits per heavy atom. The maximum atomic E-state index is 11.7. The van der Waals surface area contributed by atoms with Crippen LogP contribution in [0.5, 0.6) is 0 Å². The third kappa shape index (κ3) is 3.54. The molecule has 7 heteroatoms. The van der Waals surface area contributed by atoms with Crippen molar-refractivity contribution in [3.05, 3.63) is 33.9 Å². The molecule has 0 bridgehead atoms. The maximum Gasteiger partial charge on any atom is 0.293 e. The number of nitrogens with one attached hydrogen (secondary N) is 1. The monoisotopic (exact) mass is 306 g/mol. The van der Waals surface area contributed by atoms with Crippen LogP contribution in [0.4, 0.5) is 11.4 Å². The largest absolute Gasteiger partial charge is 0.366 e. The van der Waals surface area contributed by atoms with Gasteiger partial charge in [0.05, 0.1) is 4.92 Å². The number of nitro groups is 1. The van der Waals surface area contributed by atoms with E-state index < -0.39 is 4.92 Å². The van der Waals surface area contributed by atoms with E-state index in [9.17, 15) is 14.9 Å². The Morgan fingerprint density at radius 1 is 1.55 bits per heavy atom. The van der Waals surface area contributed by atoms with Crippen LogP contribution in [0, 0.1) is 16.0 Å². The third-order valence-electron chi connectivity index (χ3n) is 4.10. The van der Waals surface area contributed by atoms with Gasteiger partial charge in [0, 0.05) is 31.8 Å². The number of nitrogens with zero attached hydrogens (tertiary/aromatic N) is 2. The van der Waals surface area contributed by atoms with Gasteiger partial charge in [-0.1, -0.05) is 0 Å². The summed E-state index contributed by atoms with van der Waals surface area (Å²) in [5.74, 6) is 0.145. The zero-order valence-electron chi connectivity index (χ0n) is 12.7. The molecule has 1 fully saturated rings. The molecule has 1 aliphatic rings. The van der Waals surface area contributed by atoms with E-state index in [0.29, 0.717) is 23.7 Å². The SMILES string of the molecule is CNC(=O)c1ccc(N2CCCC(CCN)C2)c([N+](=O)[O-])c1. The van der Waals surface area contributed by atoms with Crippen molar-refractivity contribution in [1.29, 1.82) is 0 Å². The molecule has 7 nitrogen and oxygen atoms in total. The van der Waals surface area contributed by atoms with Crippen LogP contribution >= 0.6 is 0 Å². The highest BCUT2D eigenvalue weighted by Gasteiger charge is 2.26. The minimum atomic E-state index is -0.422. The first-order valence-electron chi connectivity index (χ1n) is 7.52. The zero-order chi connectivity index (χ0) is 16.1. The van der Waals surface area contributed by atoms with Crippen LogP contribution in [0.2, 0.25) is 0 Å². The standard InChI is InChI=1S/C15H22N4O3/c1-17-15(20)12-4-5-13(14(9-12)19(21)22)18-8-2-3-11(10-18)6-7-16/h4-5,9,11H,2-3,6-8,10,16H2,1H3,(H,17,20). The molecule has 1 saturated heterocycles. The summed E-state index contributed by atoms with van der Waals surface area (Å²) in [4.78, 5) is 24.6. The van der Waals surface area contributed by atoms with Gasteiger partial charge in [0.2, 0.25) is 0 Å². The molecule has 3 N–H and O–H groups in total. The van der Waals surface area contributed by atoms with Crippen LogP contribution in [0.3, 0.4) is 0 Å². The molecule has 1 aromatic carbocycles. The molecule has 2 rings (SSSR count). The van der Waals surface area contributed by atoms with Crippen molar-refractivity contribution >= 4 is 17.3 Å². The van der Waals surface area contributed by atoms with Gasteiger partial charge in [-0.3, -0.25) is 14.9 Å². The topological polar surface area (TPSA) is 102 Å². The summed E-state index contributed by atoms with van der Waals surface area (Å²) >= 11 is 0. The van der Waals surface area contributed by atoms with Gasteiger partial charge in [-0.15, -0.1) is 0 Å². The van der Waals surface area contributed by atoms with Crippen LogP contribution in [0.25, 0.3) is 0 Å². The van der Waals surface area contributed by atoms with E-state index in [0.717, 1.165) is 32.4 Å². The minimum Gasteiger partial charge on any atom is -0.366 e. The quantitative estimate of drug-likeness (QED) is 0.634. The zero-order valence-corrected chi connectivity index (χ0v) is 12.7. The molecule has 0 saturated carbocycles. The number of hydrogen-bond donors (Lipinski definition) is 2. The van der Waals surface area contributed by atoms with Crippen molar-refractivity contribution in [2.24, 2.45) is 11.7 Å². The van der Waals surface area contributed by atoms with Crippen molar-refractivity contribution in [2.75, 3.05) is 31.6 Å². The number of nitro benzene ring substituents is 1. The van der Waals surface area contributed by atoms with Crippen LogP contribution in [-0.2, 0) is 0 Å². The molecule has 1 amide bonds. The Morgan fingerprint density at radius 2 is 2.32 bits per heavy atom. The maximum absolute atomic E-state index is 11.7. The van der Waals surface area contributed by atoms with Gasteiger partial charge in [0.1, 0.15) is 5.69 Å². The highest BCUT2D eigenvalue weighted by atomic mass is 16.6. The Balaban J connectivity index is 2.29. The van der Waals surface area contributed by atoms with E-state index in [1.807, 2.05) is 4.90 Å². The van der Waals surface area contributed by atoms with Gasteiger partial charge in [-0.2, -0.15) is 0 Å². The van der Waals surface area contributed by atoms with Gasteiger partial charge in [0.15, 0.2) is 0 Å². The fraction of sp³-hybridized carbons (Fsp3) is 0.533. The van der Waals surface area contributed by atoms with E-state index in [1.54, 1.807) is 12.1 Å². The fourth-order valence-corrected chi connectivity index (χ4v) is 2.98. The van der Waals surface area contributed by atoms with Gasteiger partial charge < -0.3 is 16.0 Å². The Kier molecular flexibility index (Phi) is 5.32. The Hall–Kier alpha value is -2.15. The summed E-state index contributed by atoms with van der Waals surface area (Å²) in [6, 6.07) is 4.65. The molecule has 1 aliphatic heterocycles. The normalized spacial score (nSPS) is 18.1. The number of piperidine rings is 1. The van der Waals surface area contributed by atoms with Crippen molar-refractivity contribution < 1.29 is 9.72 Å². The molecule has 1 unspecified atom stereocenters. The summed E-state index contributed by atoms with van der Waals surface area (Å²) in [5, 5.41) is 13.8. The van der Waals surface area contributed by atoms with Crippen LogP contribution in [0.1, 0.15) is 29.6 Å². The highest BCUT2D eigenvalue weighted by molar-refractivity contribution is 5.95. The predicted octanol–water partition coefficient (Wildman–Crippen LogP) is 1.52. The summed E-state index contributed by atoms with van der Waals surface area (Å²) < 4.78 is 0. The molecule has 1 heterocycles. The van der Waals surface area contributed by atoms with E-state index in [-0.39, 0.29) is 11.6 Å². The summed E-state index contributed by atoms with van der Waals surface area (Å²) in [6.07, 6.45) is 3.04. The first-order valence-corrected chi connectivity index (χ1v) is 7.52. The number of hydrogen-bond acceptors (Lipinski definition) is 5. The lowest BCUT2D eigenvalue weighted by molar-refractivity contribution is -0.384. The van der Waals surface area contributed by atoms with Crippen molar-refractivity contribution in [3.8, 4) is 0 Å². The van der Waals surface area contributed by atoms with E-state index in [2.05, 4.69) is 5.32 Å². The molecule has 0 aliphatic carbocycles. The number of carbonyl (C=O) groups excluding carboxylic acids is 1. The number of anilines is 1. The molecule has 0 radical (unpaired) electrons. The number of benzene rings is 1. The lowest BCUT2D eigenvalue weighted by atomic mass is 9.94. The van der Waals surface area contributed by atoms with Gasteiger partial charge in [-0.25, -0.2) is 0 Å². The van der Waals surface area contributed by atoms with Gasteiger partial charge >= 0.3 is 0 Å². The number of rotatable bonds is 5. The molecular weight excluding hydrogens is 284 g/mol. The van der Waals surface area contributed by atoms with Crippen LogP contribution in [-0.4, -0.2) is 37.5 Å². The number of amides is 1. The van der Waals surface area contributed by atoms with Gasteiger partial charge in [-0.05, 0) is 43.9 Å². The highest BCUT2D eigenvalue weighted by Crippen LogP contribution is 2.33. The average molecular weight is 306 g/mol. The van der Waals surface area contributed by atoms with Gasteiger partial charge in [0.25, 0.3) is 11.6 Å². The second-order valence-electron chi connectivity index (χ2n) is 5.57. The smallest absolute Gasteiger partial charge is 0.293 e. The lowest BCUT2D eigenvalue weighted by Crippen LogP contribution is -2.36. The summed E-state index contributed by atoms with van der Waals surface area (Å²) in [6.45, 7) is 2.20. The van der Waals surface area contributed by atoms with E-state index in [1.165, 1.54) is 13.1 Å².